The number of piperazine rings is 1. The zero-order valence-corrected chi connectivity index (χ0v) is 11.4. The standard InChI is InChI=1S/C12H25N3O2/c1-5-13-12(3,11(16)17)9-15-7-6-14(4)10(2)8-15/h10,13H,5-9H2,1-4H3,(H,16,17). The van der Waals surface area contributed by atoms with Gasteiger partial charge in [-0.3, -0.25) is 9.69 Å². The number of aliphatic carboxylic acids is 1. The van der Waals surface area contributed by atoms with Crippen molar-refractivity contribution in [2.75, 3.05) is 39.8 Å². The van der Waals surface area contributed by atoms with Crippen LogP contribution in [0.15, 0.2) is 0 Å². The molecule has 0 amide bonds. The first-order valence-electron chi connectivity index (χ1n) is 6.30. The fourth-order valence-electron chi connectivity index (χ4n) is 2.30. The van der Waals surface area contributed by atoms with Crippen LogP contribution in [0, 0.1) is 0 Å². The molecule has 1 aliphatic rings. The lowest BCUT2D eigenvalue weighted by molar-refractivity contribution is -0.145. The largest absolute Gasteiger partial charge is 0.480 e. The quantitative estimate of drug-likeness (QED) is 0.716. The maximum atomic E-state index is 11.3. The molecule has 1 rings (SSSR count). The summed E-state index contributed by atoms with van der Waals surface area (Å²) in [6, 6.07) is 0.489. The van der Waals surface area contributed by atoms with Crippen molar-refractivity contribution in [3.8, 4) is 0 Å². The molecule has 2 atom stereocenters. The summed E-state index contributed by atoms with van der Waals surface area (Å²) >= 11 is 0. The van der Waals surface area contributed by atoms with Gasteiger partial charge < -0.3 is 15.3 Å². The first-order chi connectivity index (χ1) is 7.89. The highest BCUT2D eigenvalue weighted by Crippen LogP contribution is 2.12. The number of hydrogen-bond donors (Lipinski definition) is 2. The van der Waals surface area contributed by atoms with Gasteiger partial charge >= 0.3 is 5.97 Å². The van der Waals surface area contributed by atoms with E-state index in [-0.39, 0.29) is 0 Å². The Morgan fingerprint density at radius 1 is 1.53 bits per heavy atom. The number of hydrogen-bond acceptors (Lipinski definition) is 4. The zero-order valence-electron chi connectivity index (χ0n) is 11.4. The molecule has 5 heteroatoms. The van der Waals surface area contributed by atoms with Gasteiger partial charge in [-0.2, -0.15) is 0 Å². The molecule has 5 nitrogen and oxygen atoms in total. The van der Waals surface area contributed by atoms with E-state index >= 15 is 0 Å². The number of likely N-dealkylation sites (N-methyl/N-ethyl adjacent to an activating group) is 2. The molecule has 1 heterocycles. The van der Waals surface area contributed by atoms with Crippen molar-refractivity contribution in [3.63, 3.8) is 0 Å². The Kier molecular flexibility index (Phi) is 4.91. The molecular weight excluding hydrogens is 218 g/mol. The zero-order chi connectivity index (χ0) is 13.1. The monoisotopic (exact) mass is 243 g/mol. The Bertz CT molecular complexity index is 272. The lowest BCUT2D eigenvalue weighted by atomic mass is 10.0. The topological polar surface area (TPSA) is 55.8 Å². The van der Waals surface area contributed by atoms with Crippen LogP contribution >= 0.6 is 0 Å². The fourth-order valence-corrected chi connectivity index (χ4v) is 2.30. The minimum atomic E-state index is -0.843. The van der Waals surface area contributed by atoms with Crippen molar-refractivity contribution < 1.29 is 9.90 Å². The summed E-state index contributed by atoms with van der Waals surface area (Å²) in [4.78, 5) is 15.9. The molecule has 100 valence electrons. The second-order valence-electron chi connectivity index (χ2n) is 5.23. The van der Waals surface area contributed by atoms with Gasteiger partial charge in [0.2, 0.25) is 0 Å². The molecule has 0 spiro atoms. The fraction of sp³-hybridized carbons (Fsp3) is 0.917. The van der Waals surface area contributed by atoms with Gasteiger partial charge in [0.15, 0.2) is 0 Å². The number of rotatable bonds is 5. The Balaban J connectivity index is 2.59. The number of carboxylic acids is 1. The maximum Gasteiger partial charge on any atom is 0.324 e. The minimum Gasteiger partial charge on any atom is -0.480 e. The van der Waals surface area contributed by atoms with Crippen molar-refractivity contribution in [1.82, 2.24) is 15.1 Å². The summed E-state index contributed by atoms with van der Waals surface area (Å²) in [6.07, 6.45) is 0. The van der Waals surface area contributed by atoms with Crippen LogP contribution in [-0.4, -0.2) is 72.2 Å². The van der Waals surface area contributed by atoms with Crippen LogP contribution in [0.2, 0.25) is 0 Å². The molecule has 1 fully saturated rings. The van der Waals surface area contributed by atoms with E-state index in [9.17, 15) is 9.90 Å². The van der Waals surface area contributed by atoms with Crippen LogP contribution in [0.3, 0.4) is 0 Å². The van der Waals surface area contributed by atoms with E-state index < -0.39 is 11.5 Å². The van der Waals surface area contributed by atoms with E-state index in [1.54, 1.807) is 6.92 Å². The average Bonchev–Trinajstić information content (AvgIpc) is 2.23. The maximum absolute atomic E-state index is 11.3. The van der Waals surface area contributed by atoms with Crippen molar-refractivity contribution >= 4 is 5.97 Å². The van der Waals surface area contributed by atoms with Gasteiger partial charge in [0.1, 0.15) is 5.54 Å². The van der Waals surface area contributed by atoms with Crippen molar-refractivity contribution in [2.45, 2.75) is 32.4 Å². The second-order valence-corrected chi connectivity index (χ2v) is 5.23. The second kappa shape index (κ2) is 5.80. The summed E-state index contributed by atoms with van der Waals surface area (Å²) in [6.45, 7) is 10.00. The van der Waals surface area contributed by atoms with E-state index in [1.807, 2.05) is 6.92 Å². The van der Waals surface area contributed by atoms with Gasteiger partial charge in [0, 0.05) is 32.2 Å². The summed E-state index contributed by atoms with van der Waals surface area (Å²) in [7, 11) is 2.11. The normalized spacial score (nSPS) is 26.7. The molecule has 0 saturated carbocycles. The predicted octanol–water partition coefficient (Wildman–Crippen LogP) is 0.0751. The van der Waals surface area contributed by atoms with Gasteiger partial charge in [-0.1, -0.05) is 6.92 Å². The predicted molar refractivity (Wildman–Crippen MR) is 68.2 cm³/mol. The third-order valence-corrected chi connectivity index (χ3v) is 3.62. The molecule has 0 aromatic carbocycles. The highest BCUT2D eigenvalue weighted by molar-refractivity contribution is 5.78. The van der Waals surface area contributed by atoms with Gasteiger partial charge in [-0.15, -0.1) is 0 Å². The molecule has 2 N–H and O–H groups in total. The number of nitrogens with one attached hydrogen (secondary N) is 1. The molecule has 1 aliphatic heterocycles. The third kappa shape index (κ3) is 3.66. The van der Waals surface area contributed by atoms with Crippen molar-refractivity contribution in [2.24, 2.45) is 0 Å². The lowest BCUT2D eigenvalue weighted by Crippen LogP contribution is -2.60. The Morgan fingerprint density at radius 3 is 2.65 bits per heavy atom. The molecule has 0 aromatic rings. The van der Waals surface area contributed by atoms with Crippen molar-refractivity contribution in [3.05, 3.63) is 0 Å². The summed E-state index contributed by atoms with van der Waals surface area (Å²) in [5.41, 5.74) is -0.843. The van der Waals surface area contributed by atoms with E-state index in [4.69, 9.17) is 0 Å². The highest BCUT2D eigenvalue weighted by Gasteiger charge is 2.35. The van der Waals surface area contributed by atoms with Crippen LogP contribution < -0.4 is 5.32 Å². The van der Waals surface area contributed by atoms with Gasteiger partial charge in [-0.25, -0.2) is 0 Å². The molecular formula is C12H25N3O2. The van der Waals surface area contributed by atoms with E-state index in [2.05, 4.69) is 29.1 Å². The van der Waals surface area contributed by atoms with Crippen LogP contribution in [-0.2, 0) is 4.79 Å². The van der Waals surface area contributed by atoms with Crippen molar-refractivity contribution in [1.29, 1.82) is 0 Å². The summed E-state index contributed by atoms with van der Waals surface area (Å²) < 4.78 is 0. The Morgan fingerprint density at radius 2 is 2.18 bits per heavy atom. The highest BCUT2D eigenvalue weighted by atomic mass is 16.4. The van der Waals surface area contributed by atoms with Crippen LogP contribution in [0.1, 0.15) is 20.8 Å². The number of nitrogens with zero attached hydrogens (tertiary/aromatic N) is 2. The van der Waals surface area contributed by atoms with E-state index in [0.717, 1.165) is 19.6 Å². The third-order valence-electron chi connectivity index (χ3n) is 3.62. The lowest BCUT2D eigenvalue weighted by Gasteiger charge is -2.41. The molecule has 17 heavy (non-hydrogen) atoms. The van der Waals surface area contributed by atoms with Crippen LogP contribution in [0.4, 0.5) is 0 Å². The molecule has 0 aliphatic carbocycles. The average molecular weight is 243 g/mol. The summed E-state index contributed by atoms with van der Waals surface area (Å²) in [5.74, 6) is -0.772. The molecule has 0 aromatic heterocycles. The number of carboxylic acid groups (broad SMARTS) is 1. The van der Waals surface area contributed by atoms with Crippen LogP contribution in [0.5, 0.6) is 0 Å². The summed E-state index contributed by atoms with van der Waals surface area (Å²) in [5, 5.41) is 12.4. The molecule has 1 saturated heterocycles. The Labute approximate surface area is 104 Å². The Hall–Kier alpha value is -0.650. The minimum absolute atomic E-state index is 0.489. The first-order valence-corrected chi connectivity index (χ1v) is 6.30. The van der Waals surface area contributed by atoms with Crippen LogP contribution in [0.25, 0.3) is 0 Å². The smallest absolute Gasteiger partial charge is 0.324 e. The van der Waals surface area contributed by atoms with E-state index in [0.29, 0.717) is 19.1 Å². The SMILES string of the molecule is CCNC(C)(CN1CCN(C)C(C)C1)C(=O)O. The van der Waals surface area contributed by atoms with Gasteiger partial charge in [-0.05, 0) is 27.4 Å². The van der Waals surface area contributed by atoms with E-state index in [1.165, 1.54) is 0 Å². The molecule has 0 bridgehead atoms. The van der Waals surface area contributed by atoms with Gasteiger partial charge in [0.25, 0.3) is 0 Å². The number of carbonyl (C=O) groups is 1. The molecule has 0 radical (unpaired) electrons. The first kappa shape index (κ1) is 14.4. The van der Waals surface area contributed by atoms with Gasteiger partial charge in [0.05, 0.1) is 0 Å². The molecule has 2 unspecified atom stereocenters.